The van der Waals surface area contributed by atoms with E-state index in [0.29, 0.717) is 35.6 Å². The Kier molecular flexibility index (Phi) is 10.6. The number of rotatable bonds is 14. The first kappa shape index (κ1) is 39.0. The van der Waals surface area contributed by atoms with Crippen molar-refractivity contribution in [2.24, 2.45) is 0 Å². The van der Waals surface area contributed by atoms with Gasteiger partial charge in [-0.25, -0.2) is 15.0 Å². The van der Waals surface area contributed by atoms with Crippen LogP contribution in [0.15, 0.2) is 127 Å². The van der Waals surface area contributed by atoms with Crippen LogP contribution in [0.4, 0.5) is 0 Å². The van der Waals surface area contributed by atoms with Gasteiger partial charge in [-0.3, -0.25) is 0 Å². The zero-order valence-electron chi connectivity index (χ0n) is 35.1. The summed E-state index contributed by atoms with van der Waals surface area (Å²) in [7, 11) is 3.37. The molecular formula is C53H51N3O4. The van der Waals surface area contributed by atoms with Gasteiger partial charge >= 0.3 is 0 Å². The van der Waals surface area contributed by atoms with E-state index in [1.807, 2.05) is 72.8 Å². The van der Waals surface area contributed by atoms with Gasteiger partial charge in [0.15, 0.2) is 29.0 Å². The Morgan fingerprint density at radius 2 is 1.25 bits per heavy atom. The van der Waals surface area contributed by atoms with Crippen molar-refractivity contribution < 1.29 is 18.9 Å². The number of nitrogens with zero attached hydrogens (tertiary/aromatic N) is 3. The Bertz CT molecular complexity index is 2630. The lowest BCUT2D eigenvalue weighted by atomic mass is 9.71. The fourth-order valence-corrected chi connectivity index (χ4v) is 9.38. The molecule has 0 amide bonds. The minimum atomic E-state index is -1.27. The van der Waals surface area contributed by atoms with E-state index < -0.39 is 5.60 Å². The molecule has 2 heterocycles. The van der Waals surface area contributed by atoms with Crippen molar-refractivity contribution in [1.82, 2.24) is 15.0 Å². The Morgan fingerprint density at radius 3 is 1.87 bits per heavy atom. The van der Waals surface area contributed by atoms with Crippen LogP contribution in [0, 0.1) is 0 Å². The van der Waals surface area contributed by atoms with E-state index in [1.54, 1.807) is 14.2 Å². The summed E-state index contributed by atoms with van der Waals surface area (Å²) in [5.41, 5.74) is 7.22. The van der Waals surface area contributed by atoms with Gasteiger partial charge in [-0.15, -0.1) is 0 Å². The van der Waals surface area contributed by atoms with E-state index in [-0.39, 0.29) is 5.41 Å². The molecule has 1 aliphatic heterocycles. The van der Waals surface area contributed by atoms with Crippen LogP contribution >= 0.6 is 0 Å². The SMILES string of the molecule is CCCCCCOc1ccc(C2(c3nc(-c4ccccc4)nc(-c4ccccc4)n3)C=Cc3c4c(c5cc(OC)c(OC)cc5c3O2)-c2ccccc2C4(CC)CC)cc1. The highest BCUT2D eigenvalue weighted by Gasteiger charge is 2.48. The highest BCUT2D eigenvalue weighted by Crippen LogP contribution is 2.61. The number of unbranched alkanes of at least 4 members (excludes halogenated alkanes) is 3. The van der Waals surface area contributed by atoms with Gasteiger partial charge in [-0.1, -0.05) is 143 Å². The first-order valence-corrected chi connectivity index (χ1v) is 21.3. The van der Waals surface area contributed by atoms with Gasteiger partial charge in [0.05, 0.1) is 20.8 Å². The second-order valence-electron chi connectivity index (χ2n) is 15.7. The number of benzene rings is 6. The standard InChI is InChI=1S/C53H51N3O4/c1-6-9-10-19-32-59-38-28-26-37(27-29-38)53(51-55-49(35-20-13-11-14-21-35)54-50(56-51)36-22-15-12-16-23-36)31-30-40-47-46(39-24-17-18-25-43(39)52(47,7-2)8-3)41-33-44(57-4)45(58-5)34-42(41)48(40)60-53/h11-18,20-31,33-34H,6-10,19,32H2,1-5H3. The van der Waals surface area contributed by atoms with Crippen LogP contribution in [0.5, 0.6) is 23.0 Å². The van der Waals surface area contributed by atoms with E-state index in [9.17, 15) is 0 Å². The Hall–Kier alpha value is -6.47. The maximum absolute atomic E-state index is 7.75. The van der Waals surface area contributed by atoms with Crippen LogP contribution in [-0.4, -0.2) is 35.8 Å². The molecule has 1 atom stereocenters. The molecule has 0 radical (unpaired) electrons. The van der Waals surface area contributed by atoms with Crippen molar-refractivity contribution in [3.8, 4) is 56.9 Å². The zero-order chi connectivity index (χ0) is 41.3. The van der Waals surface area contributed by atoms with Crippen molar-refractivity contribution in [3.63, 3.8) is 0 Å². The summed E-state index contributed by atoms with van der Waals surface area (Å²) in [5, 5.41) is 1.96. The summed E-state index contributed by atoms with van der Waals surface area (Å²) in [4.78, 5) is 15.7. The number of ether oxygens (including phenoxy) is 4. The summed E-state index contributed by atoms with van der Waals surface area (Å²) >= 11 is 0. The number of methoxy groups -OCH3 is 2. The number of aromatic nitrogens is 3. The lowest BCUT2D eigenvalue weighted by Crippen LogP contribution is -2.37. The smallest absolute Gasteiger partial charge is 0.212 e. The van der Waals surface area contributed by atoms with Crippen LogP contribution in [-0.2, 0) is 11.0 Å². The molecule has 7 nitrogen and oxygen atoms in total. The summed E-state index contributed by atoms with van der Waals surface area (Å²) < 4.78 is 26.0. The third-order valence-corrected chi connectivity index (χ3v) is 12.5. The third-order valence-electron chi connectivity index (χ3n) is 12.5. The maximum Gasteiger partial charge on any atom is 0.212 e. The number of hydrogen-bond donors (Lipinski definition) is 0. The Balaban J connectivity index is 1.32. The number of hydrogen-bond acceptors (Lipinski definition) is 7. The van der Waals surface area contributed by atoms with Crippen molar-refractivity contribution in [2.75, 3.05) is 20.8 Å². The van der Waals surface area contributed by atoms with E-state index in [0.717, 1.165) is 70.2 Å². The predicted octanol–water partition coefficient (Wildman–Crippen LogP) is 12.8. The lowest BCUT2D eigenvalue weighted by molar-refractivity contribution is 0.152. The molecule has 9 rings (SSSR count). The van der Waals surface area contributed by atoms with Crippen LogP contribution in [0.1, 0.15) is 87.4 Å². The molecule has 2 aliphatic rings. The molecule has 0 fully saturated rings. The average molecular weight is 794 g/mol. The van der Waals surface area contributed by atoms with E-state index >= 15 is 0 Å². The molecule has 60 heavy (non-hydrogen) atoms. The first-order valence-electron chi connectivity index (χ1n) is 21.3. The van der Waals surface area contributed by atoms with E-state index in [4.69, 9.17) is 33.9 Å². The van der Waals surface area contributed by atoms with Crippen LogP contribution in [0.3, 0.4) is 0 Å². The summed E-state index contributed by atoms with van der Waals surface area (Å²) in [6.45, 7) is 7.49. The largest absolute Gasteiger partial charge is 0.494 e. The van der Waals surface area contributed by atoms with Gasteiger partial charge in [-0.05, 0) is 77.2 Å². The molecule has 7 heteroatoms. The molecular weight excluding hydrogens is 743 g/mol. The second kappa shape index (κ2) is 16.3. The van der Waals surface area contributed by atoms with Crippen LogP contribution in [0.25, 0.3) is 50.8 Å². The lowest BCUT2D eigenvalue weighted by Gasteiger charge is -2.38. The quantitative estimate of drug-likeness (QED) is 0.101. The molecule has 6 aromatic carbocycles. The Labute approximate surface area is 353 Å². The van der Waals surface area contributed by atoms with Crippen molar-refractivity contribution in [1.29, 1.82) is 0 Å². The van der Waals surface area contributed by atoms with E-state index in [1.165, 1.54) is 35.1 Å². The highest BCUT2D eigenvalue weighted by atomic mass is 16.5. The Morgan fingerprint density at radius 1 is 0.633 bits per heavy atom. The van der Waals surface area contributed by atoms with Gasteiger partial charge in [0, 0.05) is 33.1 Å². The fourth-order valence-electron chi connectivity index (χ4n) is 9.38. The molecule has 1 aromatic heterocycles. The van der Waals surface area contributed by atoms with Gasteiger partial charge in [0.25, 0.3) is 0 Å². The number of fused-ring (bicyclic) bond motifs is 8. The van der Waals surface area contributed by atoms with Gasteiger partial charge in [0.1, 0.15) is 11.5 Å². The van der Waals surface area contributed by atoms with Crippen molar-refractivity contribution in [2.45, 2.75) is 70.3 Å². The van der Waals surface area contributed by atoms with Gasteiger partial charge < -0.3 is 18.9 Å². The molecule has 0 saturated carbocycles. The van der Waals surface area contributed by atoms with Crippen molar-refractivity contribution in [3.05, 3.63) is 155 Å². The summed E-state index contributed by atoms with van der Waals surface area (Å²) in [6.07, 6.45) is 10.8. The monoisotopic (exact) mass is 793 g/mol. The summed E-state index contributed by atoms with van der Waals surface area (Å²) in [5.74, 6) is 4.43. The maximum atomic E-state index is 7.75. The predicted molar refractivity (Wildman–Crippen MR) is 241 cm³/mol. The molecule has 1 unspecified atom stereocenters. The fraction of sp³-hybridized carbons (Fsp3) is 0.264. The normalized spacial score (nSPS) is 15.8. The second-order valence-corrected chi connectivity index (χ2v) is 15.7. The summed E-state index contributed by atoms with van der Waals surface area (Å²) in [6, 6.07) is 41.4. The highest BCUT2D eigenvalue weighted by molar-refractivity contribution is 6.09. The zero-order valence-corrected chi connectivity index (χ0v) is 35.1. The van der Waals surface area contributed by atoms with Crippen LogP contribution < -0.4 is 18.9 Å². The first-order chi connectivity index (χ1) is 29.5. The van der Waals surface area contributed by atoms with Crippen LogP contribution in [0.2, 0.25) is 0 Å². The molecule has 0 N–H and O–H groups in total. The molecule has 0 bridgehead atoms. The minimum Gasteiger partial charge on any atom is -0.494 e. The molecule has 302 valence electrons. The average Bonchev–Trinajstić information content (AvgIpc) is 3.62. The van der Waals surface area contributed by atoms with Gasteiger partial charge in [0.2, 0.25) is 5.60 Å². The van der Waals surface area contributed by atoms with Crippen molar-refractivity contribution >= 4 is 16.8 Å². The molecule has 0 saturated heterocycles. The molecule has 1 aliphatic carbocycles. The third kappa shape index (κ3) is 6.48. The minimum absolute atomic E-state index is 0.241. The molecule has 0 spiro atoms. The van der Waals surface area contributed by atoms with Gasteiger partial charge in [-0.2, -0.15) is 0 Å². The van der Waals surface area contributed by atoms with E-state index in [2.05, 4.69) is 81.5 Å². The topological polar surface area (TPSA) is 75.6 Å². The molecule has 7 aromatic rings.